The van der Waals surface area contributed by atoms with E-state index >= 15 is 0 Å². The Labute approximate surface area is 93.1 Å². The Balaban J connectivity index is 2.84. The quantitative estimate of drug-likeness (QED) is 0.701. The minimum Gasteiger partial charge on any atom is -0.179 e. The van der Waals surface area contributed by atoms with Crippen molar-refractivity contribution in [2.24, 2.45) is 0 Å². The number of benzene rings is 1. The van der Waals surface area contributed by atoms with Crippen LogP contribution in [0.4, 0.5) is 0 Å². The third kappa shape index (κ3) is 3.06. The molecule has 0 radical (unpaired) electrons. The van der Waals surface area contributed by atoms with Gasteiger partial charge in [-0.2, -0.15) is 12.6 Å². The van der Waals surface area contributed by atoms with Gasteiger partial charge >= 0.3 is 0 Å². The van der Waals surface area contributed by atoms with Gasteiger partial charge < -0.3 is 0 Å². The monoisotopic (exact) mass is 208 g/mol. The van der Waals surface area contributed by atoms with Gasteiger partial charge in [0.2, 0.25) is 0 Å². The summed E-state index contributed by atoms with van der Waals surface area (Å²) < 4.78 is 0. The van der Waals surface area contributed by atoms with Gasteiger partial charge in [-0.1, -0.05) is 32.0 Å². The van der Waals surface area contributed by atoms with Crippen molar-refractivity contribution in [3.63, 3.8) is 0 Å². The number of hydrogen-bond acceptors (Lipinski definition) is 1. The fourth-order valence-corrected chi connectivity index (χ4v) is 1.90. The van der Waals surface area contributed by atoms with Gasteiger partial charge in [0.1, 0.15) is 0 Å². The van der Waals surface area contributed by atoms with E-state index in [0.717, 1.165) is 18.6 Å². The minimum atomic E-state index is 0.986. The van der Waals surface area contributed by atoms with Crippen molar-refractivity contribution in [3.05, 3.63) is 34.9 Å². The van der Waals surface area contributed by atoms with E-state index in [1.165, 1.54) is 29.5 Å². The first-order valence-electron chi connectivity index (χ1n) is 5.53. The predicted octanol–water partition coefficient (Wildman–Crippen LogP) is 3.67. The van der Waals surface area contributed by atoms with Crippen LogP contribution in [0.1, 0.15) is 37.0 Å². The lowest BCUT2D eigenvalue weighted by atomic mass is 9.98. The zero-order valence-electron chi connectivity index (χ0n) is 9.21. The second-order valence-corrected chi connectivity index (χ2v) is 4.08. The predicted molar refractivity (Wildman–Crippen MR) is 67.4 cm³/mol. The molecule has 0 bridgehead atoms. The van der Waals surface area contributed by atoms with Gasteiger partial charge in [-0.25, -0.2) is 0 Å². The highest BCUT2D eigenvalue weighted by Gasteiger charge is 2.01. The van der Waals surface area contributed by atoms with Crippen molar-refractivity contribution in [2.45, 2.75) is 39.5 Å². The molecule has 0 atom stereocenters. The second kappa shape index (κ2) is 6.13. The molecule has 0 amide bonds. The Bertz CT molecular complexity index is 279. The van der Waals surface area contributed by atoms with Crippen molar-refractivity contribution in [1.29, 1.82) is 0 Å². The van der Waals surface area contributed by atoms with Crippen molar-refractivity contribution in [1.82, 2.24) is 0 Å². The van der Waals surface area contributed by atoms with E-state index in [2.05, 4.69) is 44.7 Å². The average molecular weight is 208 g/mol. The number of thiol groups is 1. The standard InChI is InChI=1S/C13H20S/c1-3-11-7-8-12(4-2)13(10-11)6-5-9-14/h7-8,10,14H,3-6,9H2,1-2H3. The first kappa shape index (κ1) is 11.6. The summed E-state index contributed by atoms with van der Waals surface area (Å²) in [4.78, 5) is 0. The van der Waals surface area contributed by atoms with Crippen LogP contribution < -0.4 is 0 Å². The van der Waals surface area contributed by atoms with Gasteiger partial charge in [-0.05, 0) is 48.1 Å². The van der Waals surface area contributed by atoms with Crippen molar-refractivity contribution >= 4 is 12.6 Å². The van der Waals surface area contributed by atoms with Gasteiger partial charge in [-0.3, -0.25) is 0 Å². The maximum atomic E-state index is 4.26. The molecular formula is C13H20S. The summed E-state index contributed by atoms with van der Waals surface area (Å²) in [5.74, 6) is 0.986. The molecule has 0 saturated carbocycles. The van der Waals surface area contributed by atoms with Crippen LogP contribution in [-0.4, -0.2) is 5.75 Å². The smallest absolute Gasteiger partial charge is 0.00947 e. The van der Waals surface area contributed by atoms with Gasteiger partial charge in [0.05, 0.1) is 0 Å². The summed E-state index contributed by atoms with van der Waals surface area (Å²) in [5.41, 5.74) is 4.49. The van der Waals surface area contributed by atoms with Crippen LogP contribution in [0.25, 0.3) is 0 Å². The van der Waals surface area contributed by atoms with Gasteiger partial charge in [0, 0.05) is 0 Å². The molecule has 0 fully saturated rings. The van der Waals surface area contributed by atoms with Gasteiger partial charge in [0.25, 0.3) is 0 Å². The van der Waals surface area contributed by atoms with E-state index in [1.807, 2.05) is 0 Å². The molecule has 14 heavy (non-hydrogen) atoms. The molecule has 0 aliphatic heterocycles. The fourth-order valence-electron chi connectivity index (χ4n) is 1.75. The van der Waals surface area contributed by atoms with Crippen molar-refractivity contribution in [2.75, 3.05) is 5.75 Å². The first-order chi connectivity index (χ1) is 6.81. The molecule has 0 spiro atoms. The van der Waals surface area contributed by atoms with Crippen LogP contribution in [0.3, 0.4) is 0 Å². The Morgan fingerprint density at radius 3 is 2.43 bits per heavy atom. The summed E-state index contributed by atoms with van der Waals surface area (Å²) in [5, 5.41) is 0. The van der Waals surface area contributed by atoms with E-state index in [1.54, 1.807) is 0 Å². The third-order valence-corrected chi connectivity index (χ3v) is 2.98. The van der Waals surface area contributed by atoms with Crippen molar-refractivity contribution in [3.8, 4) is 0 Å². The summed E-state index contributed by atoms with van der Waals surface area (Å²) >= 11 is 4.26. The third-order valence-electron chi connectivity index (χ3n) is 2.66. The van der Waals surface area contributed by atoms with Gasteiger partial charge in [0.15, 0.2) is 0 Å². The van der Waals surface area contributed by atoms with E-state index in [-0.39, 0.29) is 0 Å². The molecule has 0 aromatic heterocycles. The van der Waals surface area contributed by atoms with E-state index in [9.17, 15) is 0 Å². The summed E-state index contributed by atoms with van der Waals surface area (Å²) in [6, 6.07) is 6.90. The molecule has 1 heteroatoms. The fraction of sp³-hybridized carbons (Fsp3) is 0.538. The molecular weight excluding hydrogens is 188 g/mol. The van der Waals surface area contributed by atoms with E-state index in [0.29, 0.717) is 0 Å². The molecule has 0 nitrogen and oxygen atoms in total. The van der Waals surface area contributed by atoms with Crippen LogP contribution in [0.5, 0.6) is 0 Å². The van der Waals surface area contributed by atoms with E-state index < -0.39 is 0 Å². The maximum Gasteiger partial charge on any atom is -0.00947 e. The maximum absolute atomic E-state index is 4.26. The van der Waals surface area contributed by atoms with E-state index in [4.69, 9.17) is 0 Å². The largest absolute Gasteiger partial charge is 0.179 e. The minimum absolute atomic E-state index is 0.986. The zero-order chi connectivity index (χ0) is 10.4. The molecule has 1 aromatic rings. The molecule has 0 aliphatic rings. The second-order valence-electron chi connectivity index (χ2n) is 3.64. The molecule has 1 rings (SSSR count). The molecule has 0 aliphatic carbocycles. The van der Waals surface area contributed by atoms with Crippen LogP contribution in [0.15, 0.2) is 18.2 Å². The Morgan fingerprint density at radius 1 is 1.07 bits per heavy atom. The number of hydrogen-bond donors (Lipinski definition) is 1. The molecule has 0 N–H and O–H groups in total. The molecule has 78 valence electrons. The molecule has 0 saturated heterocycles. The summed E-state index contributed by atoms with van der Waals surface area (Å²) in [6.07, 6.45) is 4.65. The Kier molecular flexibility index (Phi) is 5.10. The number of rotatable bonds is 5. The molecule has 0 heterocycles. The van der Waals surface area contributed by atoms with Crippen LogP contribution in [-0.2, 0) is 19.3 Å². The highest BCUT2D eigenvalue weighted by Crippen LogP contribution is 2.15. The lowest BCUT2D eigenvalue weighted by Crippen LogP contribution is -1.95. The topological polar surface area (TPSA) is 0 Å². The summed E-state index contributed by atoms with van der Waals surface area (Å²) in [7, 11) is 0. The van der Waals surface area contributed by atoms with Crippen LogP contribution in [0, 0.1) is 0 Å². The highest BCUT2D eigenvalue weighted by atomic mass is 32.1. The SMILES string of the molecule is CCc1ccc(CC)c(CCCS)c1. The van der Waals surface area contributed by atoms with Crippen molar-refractivity contribution < 1.29 is 0 Å². The number of aryl methyl sites for hydroxylation is 3. The Morgan fingerprint density at radius 2 is 1.86 bits per heavy atom. The van der Waals surface area contributed by atoms with Crippen LogP contribution in [0.2, 0.25) is 0 Å². The zero-order valence-corrected chi connectivity index (χ0v) is 10.1. The molecule has 1 aromatic carbocycles. The highest BCUT2D eigenvalue weighted by molar-refractivity contribution is 7.80. The molecule has 0 unspecified atom stereocenters. The lowest BCUT2D eigenvalue weighted by molar-refractivity contribution is 0.905. The van der Waals surface area contributed by atoms with Gasteiger partial charge in [-0.15, -0.1) is 0 Å². The van der Waals surface area contributed by atoms with Crippen LogP contribution >= 0.6 is 12.6 Å². The normalized spacial score (nSPS) is 10.5. The Hall–Kier alpha value is -0.430. The average Bonchev–Trinajstić information content (AvgIpc) is 2.25. The summed E-state index contributed by atoms with van der Waals surface area (Å²) in [6.45, 7) is 4.44. The lowest BCUT2D eigenvalue weighted by Gasteiger charge is -2.09. The first-order valence-corrected chi connectivity index (χ1v) is 6.16.